The van der Waals surface area contributed by atoms with Crippen LogP contribution in [0, 0.1) is 0 Å². The number of carbonyl (C=O) groups excluding carboxylic acids is 1. The van der Waals surface area contributed by atoms with E-state index in [1.54, 1.807) is 0 Å². The first-order chi connectivity index (χ1) is 9.02. The van der Waals surface area contributed by atoms with Crippen molar-refractivity contribution in [3.63, 3.8) is 0 Å². The van der Waals surface area contributed by atoms with Crippen LogP contribution in [0.3, 0.4) is 0 Å². The van der Waals surface area contributed by atoms with Crippen molar-refractivity contribution in [2.75, 3.05) is 18.6 Å². The van der Waals surface area contributed by atoms with E-state index >= 15 is 0 Å². The number of halogens is 1. The maximum Gasteiger partial charge on any atom is 0.255 e. The molecule has 20 heavy (non-hydrogen) atoms. The van der Waals surface area contributed by atoms with Gasteiger partial charge in [0.25, 0.3) is 5.91 Å². The topological polar surface area (TPSA) is 67.3 Å². The Kier molecular flexibility index (Phi) is 5.15. The Balaban J connectivity index is 3.06. The predicted molar refractivity (Wildman–Crippen MR) is 79.7 cm³/mol. The van der Waals surface area contributed by atoms with Crippen molar-refractivity contribution in [2.24, 2.45) is 0 Å². The molecular weight excluding hydrogens is 300 g/mol. The van der Waals surface area contributed by atoms with Gasteiger partial charge >= 0.3 is 0 Å². The van der Waals surface area contributed by atoms with E-state index in [1.807, 2.05) is 20.8 Å². The highest BCUT2D eigenvalue weighted by Crippen LogP contribution is 2.21. The fraction of sp³-hybridized carbons (Fsp3) is 0.538. The number of rotatable bonds is 4. The molecule has 0 atom stereocenters. The van der Waals surface area contributed by atoms with Crippen LogP contribution < -0.4 is 0 Å². The van der Waals surface area contributed by atoms with E-state index in [0.717, 1.165) is 6.26 Å². The summed E-state index contributed by atoms with van der Waals surface area (Å²) >= 11 is 5.98. The van der Waals surface area contributed by atoms with E-state index < -0.39 is 15.4 Å². The molecule has 0 spiro atoms. The highest BCUT2D eigenvalue weighted by Gasteiger charge is 2.29. The first kappa shape index (κ1) is 16.9. The second-order valence-corrected chi connectivity index (χ2v) is 8.28. The molecule has 1 rings (SSSR count). The lowest BCUT2D eigenvalue weighted by Crippen LogP contribution is -2.47. The van der Waals surface area contributed by atoms with Crippen LogP contribution in [-0.4, -0.2) is 48.3 Å². The van der Waals surface area contributed by atoms with Gasteiger partial charge in [0.05, 0.1) is 16.3 Å². The molecule has 0 unspecified atom stereocenters. The highest BCUT2D eigenvalue weighted by molar-refractivity contribution is 7.90. The molecule has 0 aliphatic carbocycles. The monoisotopic (exact) mass is 318 g/mol. The Bertz CT molecular complexity index is 594. The van der Waals surface area contributed by atoms with Crippen LogP contribution in [-0.2, 0) is 9.84 Å². The molecule has 0 N–H and O–H groups in total. The third kappa shape index (κ3) is 4.76. The number of aromatic nitrogens is 1. The lowest BCUT2D eigenvalue weighted by molar-refractivity contribution is 0.0601. The van der Waals surface area contributed by atoms with Crippen molar-refractivity contribution in [2.45, 2.75) is 26.3 Å². The van der Waals surface area contributed by atoms with Crippen molar-refractivity contribution in [3.05, 3.63) is 29.0 Å². The molecule has 0 bridgehead atoms. The minimum Gasteiger partial charge on any atom is -0.333 e. The molecule has 112 valence electrons. The van der Waals surface area contributed by atoms with E-state index in [0.29, 0.717) is 5.56 Å². The third-order valence-corrected chi connectivity index (χ3v) is 3.97. The van der Waals surface area contributed by atoms with E-state index in [4.69, 9.17) is 11.6 Å². The van der Waals surface area contributed by atoms with Crippen molar-refractivity contribution in [1.29, 1.82) is 0 Å². The molecule has 0 aromatic carbocycles. The predicted octanol–water partition coefficient (Wildman–Crippen LogP) is 2.02. The molecular formula is C13H19ClN2O3S. The molecule has 7 heteroatoms. The molecule has 1 heterocycles. The summed E-state index contributed by atoms with van der Waals surface area (Å²) < 4.78 is 22.6. The fourth-order valence-corrected chi connectivity index (χ4v) is 2.41. The summed E-state index contributed by atoms with van der Waals surface area (Å²) in [6.07, 6.45) is 4.03. The molecule has 5 nitrogen and oxygen atoms in total. The number of pyridine rings is 1. The number of nitrogens with zero attached hydrogens (tertiary/aromatic N) is 2. The normalized spacial score (nSPS) is 12.2. The summed E-state index contributed by atoms with van der Waals surface area (Å²) in [5, 5.41) is 0.256. The van der Waals surface area contributed by atoms with Gasteiger partial charge < -0.3 is 4.90 Å². The van der Waals surface area contributed by atoms with Gasteiger partial charge in [0.2, 0.25) is 0 Å². The summed E-state index contributed by atoms with van der Waals surface area (Å²) in [5.41, 5.74) is -0.181. The van der Waals surface area contributed by atoms with Crippen molar-refractivity contribution in [1.82, 2.24) is 9.88 Å². The summed E-state index contributed by atoms with van der Waals surface area (Å²) in [5.74, 6) is -0.382. The zero-order valence-corrected chi connectivity index (χ0v) is 13.6. The lowest BCUT2D eigenvalue weighted by Gasteiger charge is -2.35. The zero-order valence-electron chi connectivity index (χ0n) is 12.1. The van der Waals surface area contributed by atoms with Crippen molar-refractivity contribution < 1.29 is 13.2 Å². The Morgan fingerprint density at radius 2 is 2.00 bits per heavy atom. The first-order valence-corrected chi connectivity index (χ1v) is 8.55. The highest BCUT2D eigenvalue weighted by atomic mass is 35.5. The summed E-state index contributed by atoms with van der Waals surface area (Å²) in [6, 6.07) is 1.53. The largest absolute Gasteiger partial charge is 0.333 e. The van der Waals surface area contributed by atoms with E-state index in [2.05, 4.69) is 4.98 Å². The maximum absolute atomic E-state index is 12.5. The molecule has 1 amide bonds. The Morgan fingerprint density at radius 1 is 1.40 bits per heavy atom. The number of hydrogen-bond donors (Lipinski definition) is 0. The lowest BCUT2D eigenvalue weighted by atomic mass is 10.0. The van der Waals surface area contributed by atoms with Crippen LogP contribution in [0.25, 0.3) is 0 Å². The molecule has 0 aliphatic rings. The minimum atomic E-state index is -3.14. The Labute approximate surface area is 124 Å². The third-order valence-electron chi connectivity index (χ3n) is 2.74. The SMILES string of the molecule is CC(C)(C)N(CCS(C)(=O)=O)C(=O)c1ccncc1Cl. The van der Waals surface area contributed by atoms with Crippen LogP contribution in [0.4, 0.5) is 0 Å². The molecule has 0 saturated carbocycles. The van der Waals surface area contributed by atoms with Gasteiger partial charge in [-0.05, 0) is 26.8 Å². The molecule has 0 radical (unpaired) electrons. The molecule has 0 fully saturated rings. The molecule has 0 saturated heterocycles. The van der Waals surface area contributed by atoms with E-state index in [9.17, 15) is 13.2 Å². The van der Waals surface area contributed by atoms with Crippen LogP contribution in [0.5, 0.6) is 0 Å². The smallest absolute Gasteiger partial charge is 0.255 e. The van der Waals surface area contributed by atoms with Crippen molar-refractivity contribution in [3.8, 4) is 0 Å². The summed E-state index contributed by atoms with van der Waals surface area (Å²) in [6.45, 7) is 5.67. The molecule has 1 aromatic rings. The second kappa shape index (κ2) is 6.10. The quantitative estimate of drug-likeness (QED) is 0.851. The number of hydrogen-bond acceptors (Lipinski definition) is 4. The van der Waals surface area contributed by atoms with Crippen LogP contribution in [0.15, 0.2) is 18.5 Å². The van der Waals surface area contributed by atoms with Gasteiger partial charge in [0.15, 0.2) is 0 Å². The van der Waals surface area contributed by atoms with Gasteiger partial charge in [-0.2, -0.15) is 0 Å². The van der Waals surface area contributed by atoms with Gasteiger partial charge in [-0.15, -0.1) is 0 Å². The van der Waals surface area contributed by atoms with E-state index in [-0.39, 0.29) is 23.2 Å². The number of sulfone groups is 1. The molecule has 1 aromatic heterocycles. The average Bonchev–Trinajstić information content (AvgIpc) is 2.26. The van der Waals surface area contributed by atoms with Gasteiger partial charge in [-0.25, -0.2) is 8.42 Å². The Morgan fingerprint density at radius 3 is 2.45 bits per heavy atom. The average molecular weight is 319 g/mol. The minimum absolute atomic E-state index is 0.0846. The van der Waals surface area contributed by atoms with E-state index in [1.165, 1.54) is 23.4 Å². The van der Waals surface area contributed by atoms with Crippen LogP contribution in [0.1, 0.15) is 31.1 Å². The van der Waals surface area contributed by atoms with Gasteiger partial charge in [-0.1, -0.05) is 11.6 Å². The summed E-state index contributed by atoms with van der Waals surface area (Å²) in [7, 11) is -3.14. The fourth-order valence-electron chi connectivity index (χ4n) is 1.69. The van der Waals surface area contributed by atoms with Gasteiger partial charge in [-0.3, -0.25) is 9.78 Å². The number of carbonyl (C=O) groups is 1. The summed E-state index contributed by atoms with van der Waals surface area (Å²) in [4.78, 5) is 17.9. The Hall–Kier alpha value is -1.14. The van der Waals surface area contributed by atoms with Gasteiger partial charge in [0, 0.05) is 30.7 Å². The first-order valence-electron chi connectivity index (χ1n) is 6.11. The maximum atomic E-state index is 12.5. The standard InChI is InChI=1S/C13H19ClN2O3S/c1-13(2,3)16(7-8-20(4,18)19)12(17)10-5-6-15-9-11(10)14/h5-6,9H,7-8H2,1-4H3. The van der Waals surface area contributed by atoms with Crippen molar-refractivity contribution >= 4 is 27.3 Å². The number of amides is 1. The van der Waals surface area contributed by atoms with Crippen LogP contribution in [0.2, 0.25) is 5.02 Å². The molecule has 0 aliphatic heterocycles. The second-order valence-electron chi connectivity index (χ2n) is 5.61. The van der Waals surface area contributed by atoms with Gasteiger partial charge in [0.1, 0.15) is 9.84 Å². The zero-order chi connectivity index (χ0) is 15.6. The van der Waals surface area contributed by atoms with Crippen LogP contribution >= 0.6 is 11.6 Å².